The Balaban J connectivity index is 2.46. The normalized spacial score (nSPS) is 16.3. The van der Waals surface area contributed by atoms with Crippen LogP contribution >= 0.6 is 0 Å². The Labute approximate surface area is 68.1 Å². The molecule has 0 radical (unpaired) electrons. The molecule has 1 heterocycles. The fourth-order valence-electron chi connectivity index (χ4n) is 1.15. The molecule has 12 heavy (non-hydrogen) atoms. The van der Waals surface area contributed by atoms with Crippen LogP contribution in [0.4, 0.5) is 5.82 Å². The minimum absolute atomic E-state index is 0.0237. The number of nitrogens with two attached hydrogens (primary N) is 1. The standard InChI is InChI=1S/C7H8N2O3/c8-6-4(7(10)11)5(12-9-6)3-1-2-3/h3H,1-2H2,(H2,8,9)(H,10,11). The first-order valence-electron chi connectivity index (χ1n) is 3.68. The second-order valence-electron chi connectivity index (χ2n) is 2.89. The molecule has 3 N–H and O–H groups in total. The van der Waals surface area contributed by atoms with Crippen LogP contribution in [0.5, 0.6) is 0 Å². The minimum atomic E-state index is -1.06. The van der Waals surface area contributed by atoms with Gasteiger partial charge in [-0.05, 0) is 12.8 Å². The SMILES string of the molecule is Nc1noc(C2CC2)c1C(=O)O. The first-order valence-corrected chi connectivity index (χ1v) is 3.68. The molecular weight excluding hydrogens is 160 g/mol. The summed E-state index contributed by atoms with van der Waals surface area (Å²) in [5.41, 5.74) is 5.36. The fourth-order valence-corrected chi connectivity index (χ4v) is 1.15. The van der Waals surface area contributed by atoms with Gasteiger partial charge in [0.05, 0.1) is 0 Å². The molecule has 0 aliphatic heterocycles. The predicted molar refractivity (Wildman–Crippen MR) is 39.8 cm³/mol. The summed E-state index contributed by atoms with van der Waals surface area (Å²) in [5.74, 6) is -0.430. The number of nitrogens with zero attached hydrogens (tertiary/aromatic N) is 1. The molecule has 0 saturated heterocycles. The second kappa shape index (κ2) is 2.23. The Kier molecular flexibility index (Phi) is 1.33. The molecule has 64 valence electrons. The Morgan fingerprint density at radius 3 is 2.83 bits per heavy atom. The zero-order valence-corrected chi connectivity index (χ0v) is 6.28. The van der Waals surface area contributed by atoms with Crippen LogP contribution in [-0.2, 0) is 0 Å². The molecule has 0 atom stereocenters. The third-order valence-corrected chi connectivity index (χ3v) is 1.91. The minimum Gasteiger partial charge on any atom is -0.477 e. The van der Waals surface area contributed by atoms with Gasteiger partial charge in [0.2, 0.25) is 0 Å². The molecule has 0 amide bonds. The zero-order valence-electron chi connectivity index (χ0n) is 6.28. The van der Waals surface area contributed by atoms with Gasteiger partial charge in [-0.3, -0.25) is 0 Å². The summed E-state index contributed by atoms with van der Waals surface area (Å²) < 4.78 is 4.82. The first-order chi connectivity index (χ1) is 5.70. The van der Waals surface area contributed by atoms with E-state index in [0.29, 0.717) is 5.76 Å². The van der Waals surface area contributed by atoms with Crippen molar-refractivity contribution in [2.24, 2.45) is 0 Å². The van der Waals surface area contributed by atoms with Gasteiger partial charge < -0.3 is 15.4 Å². The molecule has 1 fully saturated rings. The van der Waals surface area contributed by atoms with Crippen LogP contribution in [-0.4, -0.2) is 16.2 Å². The highest BCUT2D eigenvalue weighted by Crippen LogP contribution is 2.42. The van der Waals surface area contributed by atoms with Crippen molar-refractivity contribution in [3.8, 4) is 0 Å². The van der Waals surface area contributed by atoms with Crippen molar-refractivity contribution in [2.75, 3.05) is 5.73 Å². The molecule has 1 aliphatic rings. The van der Waals surface area contributed by atoms with E-state index < -0.39 is 5.97 Å². The average Bonchev–Trinajstić information content (AvgIpc) is 2.75. The van der Waals surface area contributed by atoms with E-state index in [1.54, 1.807) is 0 Å². The van der Waals surface area contributed by atoms with Crippen LogP contribution in [0.25, 0.3) is 0 Å². The van der Waals surface area contributed by atoms with Gasteiger partial charge in [0.15, 0.2) is 11.6 Å². The number of aromatic nitrogens is 1. The molecule has 5 nitrogen and oxygen atoms in total. The molecule has 5 heteroatoms. The average molecular weight is 168 g/mol. The predicted octanol–water partition coefficient (Wildman–Crippen LogP) is 0.832. The molecule has 0 bridgehead atoms. The van der Waals surface area contributed by atoms with Gasteiger partial charge in [0, 0.05) is 5.92 Å². The van der Waals surface area contributed by atoms with E-state index in [0.717, 1.165) is 12.8 Å². The van der Waals surface area contributed by atoms with Gasteiger partial charge >= 0.3 is 5.97 Å². The van der Waals surface area contributed by atoms with Gasteiger partial charge in [0.1, 0.15) is 5.56 Å². The first kappa shape index (κ1) is 7.15. The Morgan fingerprint density at radius 2 is 2.33 bits per heavy atom. The van der Waals surface area contributed by atoms with Crippen molar-refractivity contribution in [2.45, 2.75) is 18.8 Å². The van der Waals surface area contributed by atoms with Crippen LogP contribution in [0.15, 0.2) is 4.52 Å². The third kappa shape index (κ3) is 0.939. The number of nitrogen functional groups attached to an aromatic ring is 1. The van der Waals surface area contributed by atoms with E-state index in [1.807, 2.05) is 0 Å². The highest BCUT2D eigenvalue weighted by Gasteiger charge is 2.34. The Hall–Kier alpha value is -1.52. The molecule has 2 rings (SSSR count). The maximum absolute atomic E-state index is 10.7. The molecular formula is C7H8N2O3. The summed E-state index contributed by atoms with van der Waals surface area (Å²) in [5, 5.41) is 12.2. The van der Waals surface area contributed by atoms with Gasteiger partial charge in [-0.25, -0.2) is 4.79 Å². The van der Waals surface area contributed by atoms with E-state index >= 15 is 0 Å². The molecule has 1 aliphatic carbocycles. The largest absolute Gasteiger partial charge is 0.477 e. The Morgan fingerprint density at radius 1 is 1.67 bits per heavy atom. The van der Waals surface area contributed by atoms with Crippen molar-refractivity contribution in [3.63, 3.8) is 0 Å². The summed E-state index contributed by atoms with van der Waals surface area (Å²) >= 11 is 0. The van der Waals surface area contributed by atoms with E-state index in [9.17, 15) is 4.79 Å². The molecule has 1 aromatic rings. The monoisotopic (exact) mass is 168 g/mol. The smallest absolute Gasteiger partial charge is 0.343 e. The molecule has 0 unspecified atom stereocenters. The van der Waals surface area contributed by atoms with E-state index in [-0.39, 0.29) is 17.3 Å². The van der Waals surface area contributed by atoms with Crippen LogP contribution in [0, 0.1) is 0 Å². The van der Waals surface area contributed by atoms with Crippen LogP contribution in [0.3, 0.4) is 0 Å². The van der Waals surface area contributed by atoms with Crippen molar-refractivity contribution < 1.29 is 14.4 Å². The fraction of sp³-hybridized carbons (Fsp3) is 0.429. The lowest BCUT2D eigenvalue weighted by Gasteiger charge is -1.91. The van der Waals surface area contributed by atoms with Crippen molar-refractivity contribution >= 4 is 11.8 Å². The lowest BCUT2D eigenvalue weighted by Crippen LogP contribution is -2.02. The maximum Gasteiger partial charge on any atom is 0.343 e. The summed E-state index contributed by atoms with van der Waals surface area (Å²) in [7, 11) is 0. The summed E-state index contributed by atoms with van der Waals surface area (Å²) in [6.45, 7) is 0. The van der Waals surface area contributed by atoms with Crippen molar-refractivity contribution in [3.05, 3.63) is 11.3 Å². The second-order valence-corrected chi connectivity index (χ2v) is 2.89. The lowest BCUT2D eigenvalue weighted by molar-refractivity contribution is 0.0695. The van der Waals surface area contributed by atoms with Crippen LogP contribution in [0.2, 0.25) is 0 Å². The highest BCUT2D eigenvalue weighted by molar-refractivity contribution is 5.93. The number of carboxylic acids is 1. The van der Waals surface area contributed by atoms with Crippen molar-refractivity contribution in [1.82, 2.24) is 5.16 Å². The maximum atomic E-state index is 10.7. The van der Waals surface area contributed by atoms with Gasteiger partial charge in [-0.2, -0.15) is 0 Å². The molecule has 0 spiro atoms. The van der Waals surface area contributed by atoms with Crippen molar-refractivity contribution in [1.29, 1.82) is 0 Å². The van der Waals surface area contributed by atoms with Crippen LogP contribution in [0.1, 0.15) is 34.9 Å². The van der Waals surface area contributed by atoms with Gasteiger partial charge in [0.25, 0.3) is 0 Å². The van der Waals surface area contributed by atoms with Crippen LogP contribution < -0.4 is 5.73 Å². The number of hydrogen-bond donors (Lipinski definition) is 2. The quantitative estimate of drug-likeness (QED) is 0.682. The number of aromatic carboxylic acids is 1. The summed E-state index contributed by atoms with van der Waals surface area (Å²) in [6.07, 6.45) is 1.93. The molecule has 0 aromatic carbocycles. The number of carboxylic acid groups (broad SMARTS) is 1. The molecule has 1 aromatic heterocycles. The summed E-state index contributed by atoms with van der Waals surface area (Å²) in [4.78, 5) is 10.7. The van der Waals surface area contributed by atoms with Gasteiger partial charge in [-0.15, -0.1) is 0 Å². The lowest BCUT2D eigenvalue weighted by atomic mass is 10.2. The molecule has 1 saturated carbocycles. The highest BCUT2D eigenvalue weighted by atomic mass is 16.5. The third-order valence-electron chi connectivity index (χ3n) is 1.91. The topological polar surface area (TPSA) is 89.4 Å². The van der Waals surface area contributed by atoms with Gasteiger partial charge in [-0.1, -0.05) is 5.16 Å². The number of carbonyl (C=O) groups is 1. The summed E-state index contributed by atoms with van der Waals surface area (Å²) in [6, 6.07) is 0. The van der Waals surface area contributed by atoms with E-state index in [1.165, 1.54) is 0 Å². The Bertz CT molecular complexity index is 327. The number of anilines is 1. The number of hydrogen-bond acceptors (Lipinski definition) is 4. The zero-order chi connectivity index (χ0) is 8.72. The van der Waals surface area contributed by atoms with E-state index in [4.69, 9.17) is 15.4 Å². The van der Waals surface area contributed by atoms with E-state index in [2.05, 4.69) is 5.16 Å². The number of rotatable bonds is 2.